The average Bonchev–Trinajstić information content (AvgIpc) is 2.21. The Kier molecular flexibility index (Phi) is 23.1. The topological polar surface area (TPSA) is 236 Å². The molecule has 6 amide bonds. The van der Waals surface area contributed by atoms with Crippen LogP contribution < -0.4 is 26.2 Å². The van der Waals surface area contributed by atoms with E-state index >= 15 is 0 Å². The lowest BCUT2D eigenvalue weighted by Crippen LogP contribution is -2.63. The Morgan fingerprint density at radius 1 is 0.744 bits per heavy atom. The van der Waals surface area contributed by atoms with Gasteiger partial charge in [-0.1, -0.05) is 98.1 Å². The molecule has 0 radical (unpaired) electrons. The number of ether oxygens (including phenoxy) is 2. The molecule has 5 heterocycles. The number of anilines is 2. The molecule has 8 rings (SSSR count). The SMILES string of the molecule is CC(C)(C)OC(=O)NC1(C(=O)NCc2ccc(Cl)cc2)CCN(c2ncnc3[nH]ccc23)CC1.CCc1cccc(-c2cnc(C(=O)NCCCCCC(=O)N3CCN(CC)CC3)c(NC(=O)CN(Cc3cccc(C)c3)C(=O)OC(C)(C)C)c2)c1. The van der Waals surface area contributed by atoms with E-state index in [4.69, 9.17) is 21.1 Å². The van der Waals surface area contributed by atoms with Crippen LogP contribution in [0.15, 0.2) is 104 Å². The third kappa shape index (κ3) is 19.5. The number of aromatic nitrogens is 4. The van der Waals surface area contributed by atoms with Gasteiger partial charge in [0, 0.05) is 88.3 Å². The van der Waals surface area contributed by atoms with Gasteiger partial charge in [0.05, 0.1) is 11.1 Å². The van der Waals surface area contributed by atoms with E-state index in [0.717, 1.165) is 102 Å². The lowest BCUT2D eigenvalue weighted by molar-refractivity contribution is -0.133. The molecule has 0 saturated carbocycles. The summed E-state index contributed by atoms with van der Waals surface area (Å²) < 4.78 is 11.1. The molecule has 0 bridgehead atoms. The fourth-order valence-corrected chi connectivity index (χ4v) is 10.3. The van der Waals surface area contributed by atoms with E-state index in [9.17, 15) is 28.8 Å². The van der Waals surface area contributed by atoms with Crippen LogP contribution in [-0.2, 0) is 43.4 Å². The first kappa shape index (κ1) is 65.4. The Morgan fingerprint density at radius 3 is 2.14 bits per heavy atom. The quantitative estimate of drug-likeness (QED) is 0.0448. The number of H-pyrrole nitrogens is 1. The van der Waals surface area contributed by atoms with E-state index in [1.54, 1.807) is 65.9 Å². The minimum absolute atomic E-state index is 0.0765. The van der Waals surface area contributed by atoms with Gasteiger partial charge >= 0.3 is 12.2 Å². The van der Waals surface area contributed by atoms with Gasteiger partial charge in [-0.15, -0.1) is 0 Å². The fourth-order valence-electron chi connectivity index (χ4n) is 10.2. The molecular formula is C65H85ClN12O8. The molecule has 460 valence electrons. The average molecular weight is 1200 g/mol. The second kappa shape index (κ2) is 30.3. The van der Waals surface area contributed by atoms with Crippen LogP contribution in [-0.4, -0.2) is 146 Å². The number of likely N-dealkylation sites (N-methyl/N-ethyl adjacent to an activating group) is 1. The van der Waals surface area contributed by atoms with Crippen molar-refractivity contribution in [3.8, 4) is 11.1 Å². The highest BCUT2D eigenvalue weighted by atomic mass is 35.5. The van der Waals surface area contributed by atoms with E-state index in [2.05, 4.69) is 70.9 Å². The zero-order valence-electron chi connectivity index (χ0n) is 51.3. The summed E-state index contributed by atoms with van der Waals surface area (Å²) in [6.07, 6.45) is 8.16. The van der Waals surface area contributed by atoms with E-state index in [-0.39, 0.29) is 36.3 Å². The number of carbonyl (C=O) groups excluding carboxylic acids is 6. The van der Waals surface area contributed by atoms with Crippen molar-refractivity contribution in [2.24, 2.45) is 0 Å². The molecule has 2 saturated heterocycles. The first-order chi connectivity index (χ1) is 41.0. The predicted octanol–water partition coefficient (Wildman–Crippen LogP) is 10.2. The minimum Gasteiger partial charge on any atom is -0.444 e. The summed E-state index contributed by atoms with van der Waals surface area (Å²) in [6, 6.07) is 26.7. The number of alkyl carbamates (subject to hydrolysis) is 1. The lowest BCUT2D eigenvalue weighted by atomic mass is 9.86. The molecule has 21 heteroatoms. The Bertz CT molecular complexity index is 3270. The summed E-state index contributed by atoms with van der Waals surface area (Å²) in [5.74, 6) is -0.161. The number of amides is 6. The molecule has 86 heavy (non-hydrogen) atoms. The number of unbranched alkanes of at least 4 members (excludes halogenated alkanes) is 2. The Balaban J connectivity index is 0.000000268. The van der Waals surface area contributed by atoms with Crippen LogP contribution in [0.3, 0.4) is 0 Å². The first-order valence-electron chi connectivity index (χ1n) is 29.8. The van der Waals surface area contributed by atoms with E-state index in [1.807, 2.05) is 78.7 Å². The van der Waals surface area contributed by atoms with E-state index in [1.165, 1.54) is 11.2 Å². The van der Waals surface area contributed by atoms with Gasteiger partial charge in [0.1, 0.15) is 41.1 Å². The number of piperazine rings is 1. The van der Waals surface area contributed by atoms with Crippen molar-refractivity contribution in [2.45, 2.75) is 137 Å². The van der Waals surface area contributed by atoms with Crippen LogP contribution in [0.5, 0.6) is 0 Å². The zero-order chi connectivity index (χ0) is 62.0. The number of aromatic amines is 1. The second-order valence-corrected chi connectivity index (χ2v) is 24.3. The first-order valence-corrected chi connectivity index (χ1v) is 30.2. The molecule has 20 nitrogen and oxygen atoms in total. The smallest absolute Gasteiger partial charge is 0.411 e. The number of piperidine rings is 1. The Hall–Kier alpha value is -8.10. The molecule has 2 fully saturated rings. The van der Waals surface area contributed by atoms with Crippen molar-refractivity contribution >= 4 is 70.0 Å². The van der Waals surface area contributed by atoms with E-state index < -0.39 is 40.7 Å². The number of carbonyl (C=O) groups is 6. The predicted molar refractivity (Wildman–Crippen MR) is 336 cm³/mol. The summed E-state index contributed by atoms with van der Waals surface area (Å²) in [6.45, 7) is 23.0. The number of hydrogen-bond donors (Lipinski definition) is 5. The standard InChI is InChI=1S/C41H56N6O5.C24H29ClN6O3/c1-7-31-15-13-17-33(25-31)34-26-35(44-36(48)29-47(40(51)52-41(4,5)6)28-32-16-12-14-30(3)24-32)38(43-27-34)39(50)42-19-11-9-10-18-37(49)46-22-20-45(8-2)21-23-46;1-23(2,3)34-22(33)30-24(21(32)27-14-16-4-6-17(25)7-5-16)9-12-31(13-10-24)20-18-8-11-26-19(18)28-15-29-20/h12-17,24-27H,7-11,18-23,28-29H2,1-6H3,(H,42,50)(H,44,48);4-8,11,15H,9-10,12-14H2,1-3H3,(H,27,32)(H,30,33)(H,26,28,29). The largest absolute Gasteiger partial charge is 0.444 e. The van der Waals surface area contributed by atoms with Gasteiger partial charge in [-0.2, -0.15) is 0 Å². The molecular weight excluding hydrogens is 1110 g/mol. The summed E-state index contributed by atoms with van der Waals surface area (Å²) >= 11 is 5.96. The third-order valence-corrected chi connectivity index (χ3v) is 15.1. The van der Waals surface area contributed by atoms with Gasteiger partial charge in [0.25, 0.3) is 5.91 Å². The van der Waals surface area contributed by atoms with Crippen LogP contribution >= 0.6 is 11.6 Å². The number of halogens is 1. The maximum absolute atomic E-state index is 13.7. The number of nitrogens with one attached hydrogen (secondary N) is 5. The monoisotopic (exact) mass is 1200 g/mol. The molecule has 0 unspecified atom stereocenters. The molecule has 0 spiro atoms. The highest BCUT2D eigenvalue weighted by Gasteiger charge is 2.44. The van der Waals surface area contributed by atoms with Crippen molar-refractivity contribution in [3.63, 3.8) is 0 Å². The van der Waals surface area contributed by atoms with Gasteiger partial charge in [0.15, 0.2) is 5.69 Å². The maximum atomic E-state index is 13.7. The number of pyridine rings is 1. The van der Waals surface area contributed by atoms with Crippen molar-refractivity contribution < 1.29 is 38.2 Å². The zero-order valence-corrected chi connectivity index (χ0v) is 52.1. The van der Waals surface area contributed by atoms with Crippen molar-refractivity contribution in [2.75, 3.05) is 69.1 Å². The van der Waals surface area contributed by atoms with Gasteiger partial charge in [0.2, 0.25) is 17.7 Å². The molecule has 3 aromatic heterocycles. The number of fused-ring (bicyclic) bond motifs is 1. The number of benzene rings is 3. The summed E-state index contributed by atoms with van der Waals surface area (Å²) in [7, 11) is 0. The third-order valence-electron chi connectivity index (χ3n) is 14.8. The number of hydrogen-bond acceptors (Lipinski definition) is 13. The maximum Gasteiger partial charge on any atom is 0.411 e. The van der Waals surface area contributed by atoms with Gasteiger partial charge in [-0.3, -0.25) is 24.1 Å². The van der Waals surface area contributed by atoms with Crippen molar-refractivity contribution in [1.29, 1.82) is 0 Å². The van der Waals surface area contributed by atoms with Crippen LogP contribution in [0.4, 0.5) is 21.1 Å². The van der Waals surface area contributed by atoms with Crippen LogP contribution in [0, 0.1) is 6.92 Å². The highest BCUT2D eigenvalue weighted by Crippen LogP contribution is 2.31. The second-order valence-electron chi connectivity index (χ2n) is 23.9. The number of rotatable bonds is 20. The normalized spacial score (nSPS) is 14.3. The molecule has 2 aliphatic rings. The van der Waals surface area contributed by atoms with Crippen LogP contribution in [0.2, 0.25) is 5.02 Å². The van der Waals surface area contributed by atoms with Gasteiger partial charge in [-0.05, 0) is 134 Å². The molecule has 5 N–H and O–H groups in total. The molecule has 3 aromatic carbocycles. The summed E-state index contributed by atoms with van der Waals surface area (Å²) in [5, 5.41) is 13.2. The fraction of sp³-hybridized carbons (Fsp3) is 0.462. The molecule has 0 atom stereocenters. The molecule has 2 aliphatic heterocycles. The number of aryl methyl sites for hydroxylation is 2. The van der Waals surface area contributed by atoms with Gasteiger partial charge < -0.3 is 50.4 Å². The Morgan fingerprint density at radius 2 is 1.45 bits per heavy atom. The Labute approximate surface area is 510 Å². The summed E-state index contributed by atoms with van der Waals surface area (Å²) in [4.78, 5) is 103. The number of nitrogens with zero attached hydrogens (tertiary/aromatic N) is 7. The highest BCUT2D eigenvalue weighted by molar-refractivity contribution is 6.30. The van der Waals surface area contributed by atoms with Crippen molar-refractivity contribution in [3.05, 3.63) is 137 Å². The minimum atomic E-state index is -1.10. The lowest BCUT2D eigenvalue weighted by Gasteiger charge is -2.41. The molecule has 6 aromatic rings. The van der Waals surface area contributed by atoms with Gasteiger partial charge in [-0.25, -0.2) is 24.5 Å². The van der Waals surface area contributed by atoms with Crippen LogP contribution in [0.1, 0.15) is 127 Å². The van der Waals surface area contributed by atoms with Crippen LogP contribution in [0.25, 0.3) is 22.2 Å². The summed E-state index contributed by atoms with van der Waals surface area (Å²) in [5.41, 5.74) is 4.16. The molecule has 0 aliphatic carbocycles. The van der Waals surface area contributed by atoms with Crippen molar-refractivity contribution in [1.82, 2.24) is 50.6 Å². The van der Waals surface area contributed by atoms with E-state index in [0.29, 0.717) is 56.9 Å².